The van der Waals surface area contributed by atoms with Crippen LogP contribution in [-0.4, -0.2) is 35.4 Å². The summed E-state index contributed by atoms with van der Waals surface area (Å²) in [5, 5.41) is 0.424. The maximum absolute atomic E-state index is 14.2. The van der Waals surface area contributed by atoms with Crippen LogP contribution in [0, 0.1) is 17.5 Å². The van der Waals surface area contributed by atoms with E-state index in [1.54, 1.807) is 36.6 Å². The van der Waals surface area contributed by atoms with Crippen LogP contribution in [0.15, 0.2) is 63.2 Å². The van der Waals surface area contributed by atoms with Gasteiger partial charge in [0, 0.05) is 30.5 Å². The minimum atomic E-state index is -3.69. The summed E-state index contributed by atoms with van der Waals surface area (Å²) in [4.78, 5) is 4.67. The fourth-order valence-electron chi connectivity index (χ4n) is 3.64. The molecule has 4 rings (SSSR count). The van der Waals surface area contributed by atoms with Crippen LogP contribution in [0.3, 0.4) is 0 Å². The fraction of sp³-hybridized carbons (Fsp3) is 0.261. The molecule has 0 radical (unpaired) electrons. The quantitative estimate of drug-likeness (QED) is 0.223. The van der Waals surface area contributed by atoms with Crippen LogP contribution in [0.4, 0.5) is 13.2 Å². The van der Waals surface area contributed by atoms with E-state index < -0.39 is 27.5 Å². The number of fused-ring (bicyclic) bond motifs is 1. The second-order valence-corrected chi connectivity index (χ2v) is 10.3. The molecule has 0 amide bonds. The number of hydrogen-bond acceptors (Lipinski definition) is 5. The predicted octanol–water partition coefficient (Wildman–Crippen LogP) is 5.42. The van der Waals surface area contributed by atoms with Gasteiger partial charge >= 0.3 is 0 Å². The third-order valence-corrected chi connectivity index (χ3v) is 8.42. The molecule has 2 aromatic carbocycles. The predicted molar refractivity (Wildman–Crippen MR) is 124 cm³/mol. The van der Waals surface area contributed by atoms with Crippen molar-refractivity contribution in [3.8, 4) is 0 Å². The van der Waals surface area contributed by atoms with Gasteiger partial charge in [-0.05, 0) is 36.4 Å². The molecule has 6 nitrogen and oxygen atoms in total. The summed E-state index contributed by atoms with van der Waals surface area (Å²) in [5.74, 6) is -2.69. The summed E-state index contributed by atoms with van der Waals surface area (Å²) in [6.07, 6.45) is 1.53. The topological polar surface area (TPSA) is 68.3 Å². The van der Waals surface area contributed by atoms with Crippen molar-refractivity contribution in [2.75, 3.05) is 13.1 Å². The molecule has 0 N–H and O–H groups in total. The first-order valence-corrected chi connectivity index (χ1v) is 13.0. The van der Waals surface area contributed by atoms with Gasteiger partial charge in [-0.2, -0.15) is 4.31 Å². The average molecular weight is 510 g/mol. The van der Waals surface area contributed by atoms with Crippen LogP contribution in [0.2, 0.25) is 0 Å². The highest BCUT2D eigenvalue weighted by atomic mass is 32.2. The Hall–Kier alpha value is -2.76. The van der Waals surface area contributed by atoms with Gasteiger partial charge in [0.1, 0.15) is 11.6 Å². The van der Waals surface area contributed by atoms with E-state index in [1.807, 2.05) is 0 Å². The molecule has 11 heteroatoms. The molecule has 0 fully saturated rings. The molecule has 2 heterocycles. The largest absolute Gasteiger partial charge is 0.467 e. The van der Waals surface area contributed by atoms with Crippen molar-refractivity contribution in [3.63, 3.8) is 0 Å². The van der Waals surface area contributed by atoms with Crippen molar-refractivity contribution < 1.29 is 26.0 Å². The van der Waals surface area contributed by atoms with E-state index in [0.717, 1.165) is 17.8 Å². The molecule has 0 spiro atoms. The number of hydrogen-bond donors (Lipinski definition) is 0. The zero-order valence-electron chi connectivity index (χ0n) is 18.5. The number of furan rings is 1. The molecule has 0 atom stereocenters. The molecule has 180 valence electrons. The Labute approximate surface area is 199 Å². The van der Waals surface area contributed by atoms with E-state index in [9.17, 15) is 21.6 Å². The first-order chi connectivity index (χ1) is 16.2. The number of sulfonamides is 1. The van der Waals surface area contributed by atoms with Crippen LogP contribution in [0.25, 0.3) is 11.0 Å². The number of nitrogens with zero attached hydrogens (tertiary/aromatic N) is 3. The smallest absolute Gasteiger partial charge is 0.243 e. The Kier molecular flexibility index (Phi) is 7.06. The number of aromatic nitrogens is 2. The maximum atomic E-state index is 14.2. The van der Waals surface area contributed by atoms with E-state index in [2.05, 4.69) is 4.98 Å². The van der Waals surface area contributed by atoms with Crippen LogP contribution in [-0.2, 0) is 22.3 Å². The first-order valence-electron chi connectivity index (χ1n) is 10.5. The normalized spacial score (nSPS) is 12.2. The van der Waals surface area contributed by atoms with Crippen molar-refractivity contribution in [1.82, 2.24) is 13.9 Å². The van der Waals surface area contributed by atoms with Gasteiger partial charge in [-0.1, -0.05) is 25.6 Å². The van der Waals surface area contributed by atoms with Crippen molar-refractivity contribution in [2.24, 2.45) is 0 Å². The monoisotopic (exact) mass is 509 g/mol. The first kappa shape index (κ1) is 24.4. The second-order valence-electron chi connectivity index (χ2n) is 7.45. The molecule has 0 aliphatic heterocycles. The van der Waals surface area contributed by atoms with E-state index in [-0.39, 0.29) is 22.8 Å². The lowest BCUT2D eigenvalue weighted by molar-refractivity contribution is 0.445. The summed E-state index contributed by atoms with van der Waals surface area (Å²) in [7, 11) is -3.69. The number of thioether (sulfide) groups is 1. The Morgan fingerprint density at radius 3 is 2.53 bits per heavy atom. The lowest BCUT2D eigenvalue weighted by Crippen LogP contribution is -2.30. The maximum Gasteiger partial charge on any atom is 0.243 e. The van der Waals surface area contributed by atoms with Gasteiger partial charge in [-0.3, -0.25) is 0 Å². The van der Waals surface area contributed by atoms with Crippen molar-refractivity contribution >= 4 is 32.8 Å². The molecule has 0 saturated heterocycles. The zero-order valence-corrected chi connectivity index (χ0v) is 20.1. The standard InChI is InChI=1S/C23H22F3N3O3S2/c1-3-28(4-2)34(30,31)18-7-8-21-20(12-18)27-23(29(21)13-17-6-5-9-32-17)33-14-15-10-16(24)11-19(25)22(15)26/h5-12H,3-4,13-14H2,1-2H3. The Balaban J connectivity index is 1.75. The molecule has 0 unspecified atom stereocenters. The second kappa shape index (κ2) is 9.85. The Bertz CT molecular complexity index is 1420. The summed E-state index contributed by atoms with van der Waals surface area (Å²) in [6.45, 7) is 4.48. The third-order valence-electron chi connectivity index (χ3n) is 5.35. The average Bonchev–Trinajstić information content (AvgIpc) is 3.44. The lowest BCUT2D eigenvalue weighted by Gasteiger charge is -2.18. The Morgan fingerprint density at radius 2 is 1.85 bits per heavy atom. The van der Waals surface area contributed by atoms with Gasteiger partial charge in [0.25, 0.3) is 0 Å². The van der Waals surface area contributed by atoms with Crippen LogP contribution >= 0.6 is 11.8 Å². The summed E-state index contributed by atoms with van der Waals surface area (Å²) < 4.78 is 75.9. The summed E-state index contributed by atoms with van der Waals surface area (Å²) >= 11 is 1.08. The minimum absolute atomic E-state index is 0.0768. The van der Waals surface area contributed by atoms with Crippen LogP contribution in [0.5, 0.6) is 0 Å². The van der Waals surface area contributed by atoms with E-state index in [1.165, 1.54) is 22.7 Å². The molecule has 0 aliphatic carbocycles. The highest BCUT2D eigenvalue weighted by molar-refractivity contribution is 7.98. The number of benzene rings is 2. The summed E-state index contributed by atoms with van der Waals surface area (Å²) in [6, 6.07) is 9.63. The van der Waals surface area contributed by atoms with E-state index in [4.69, 9.17) is 4.42 Å². The van der Waals surface area contributed by atoms with Gasteiger partial charge < -0.3 is 8.98 Å². The van der Waals surface area contributed by atoms with Gasteiger partial charge in [-0.25, -0.2) is 26.6 Å². The van der Waals surface area contributed by atoms with Gasteiger partial charge in [0.15, 0.2) is 16.8 Å². The highest BCUT2D eigenvalue weighted by Crippen LogP contribution is 2.31. The number of halogens is 3. The molecular formula is C23H22F3N3O3S2. The van der Waals surface area contributed by atoms with E-state index in [0.29, 0.717) is 41.1 Å². The Morgan fingerprint density at radius 1 is 1.09 bits per heavy atom. The molecule has 0 saturated carbocycles. The van der Waals surface area contributed by atoms with Crippen molar-refractivity contribution in [1.29, 1.82) is 0 Å². The minimum Gasteiger partial charge on any atom is -0.467 e. The number of rotatable bonds is 9. The molecule has 2 aromatic heterocycles. The van der Waals surface area contributed by atoms with Crippen LogP contribution in [0.1, 0.15) is 25.2 Å². The van der Waals surface area contributed by atoms with Gasteiger partial charge in [-0.15, -0.1) is 0 Å². The number of imidazole rings is 1. The summed E-state index contributed by atoms with van der Waals surface area (Å²) in [5.41, 5.74) is 0.931. The van der Waals surface area contributed by atoms with Crippen molar-refractivity contribution in [3.05, 3.63) is 77.5 Å². The lowest BCUT2D eigenvalue weighted by atomic mass is 10.2. The third kappa shape index (κ3) is 4.73. The molecular weight excluding hydrogens is 487 g/mol. The van der Waals surface area contributed by atoms with Crippen molar-refractivity contribution in [2.45, 2.75) is 36.2 Å². The highest BCUT2D eigenvalue weighted by Gasteiger charge is 2.23. The van der Waals surface area contributed by atoms with Gasteiger partial charge in [0.05, 0.1) is 28.7 Å². The van der Waals surface area contributed by atoms with E-state index >= 15 is 0 Å². The molecule has 0 bridgehead atoms. The fourth-order valence-corrected chi connectivity index (χ4v) is 6.09. The molecule has 34 heavy (non-hydrogen) atoms. The molecule has 4 aromatic rings. The zero-order chi connectivity index (χ0) is 24.5. The molecule has 0 aliphatic rings. The SMILES string of the molecule is CCN(CC)S(=O)(=O)c1ccc2c(c1)nc(SCc1cc(F)cc(F)c1F)n2Cc1ccco1. The van der Waals surface area contributed by atoms with Gasteiger partial charge in [0.2, 0.25) is 10.0 Å². The van der Waals surface area contributed by atoms with Crippen LogP contribution < -0.4 is 0 Å².